The molecule has 3 aromatic carbocycles. The lowest BCUT2D eigenvalue weighted by molar-refractivity contribution is -0.667. The number of carboxylic acid groups (broad SMARTS) is 1. The number of para-hydroxylation sites is 1. The van der Waals surface area contributed by atoms with Gasteiger partial charge in [0.05, 0.1) is 27.9 Å². The first-order chi connectivity index (χ1) is 16.3. The van der Waals surface area contributed by atoms with Crippen molar-refractivity contribution in [3.05, 3.63) is 70.7 Å². The molecule has 10 heteroatoms. The molecule has 1 aliphatic heterocycles. The van der Waals surface area contributed by atoms with Gasteiger partial charge in [0.25, 0.3) is 15.1 Å². The minimum Gasteiger partial charge on any atom is -0.480 e. The lowest BCUT2D eigenvalue weighted by Crippen LogP contribution is -2.36. The van der Waals surface area contributed by atoms with Crippen LogP contribution in [0.3, 0.4) is 0 Å². The van der Waals surface area contributed by atoms with Gasteiger partial charge in [0.15, 0.2) is 6.54 Å². The Balaban J connectivity index is 1.65. The summed E-state index contributed by atoms with van der Waals surface area (Å²) < 4.78 is 35.0. The van der Waals surface area contributed by atoms with Gasteiger partial charge in [0.1, 0.15) is 11.2 Å². The lowest BCUT2D eigenvalue weighted by Gasteiger charge is -2.17. The molecule has 2 N–H and O–H groups in total. The van der Waals surface area contributed by atoms with E-state index >= 15 is 0 Å². The van der Waals surface area contributed by atoms with Crippen LogP contribution in [0.4, 0.5) is 5.69 Å². The Bertz CT molecular complexity index is 1560. The molecule has 0 saturated heterocycles. The average Bonchev–Trinajstić information content (AvgIpc) is 3.31. The molecule has 0 fully saturated rings. The van der Waals surface area contributed by atoms with Gasteiger partial charge in [-0.15, -0.1) is 0 Å². The van der Waals surface area contributed by atoms with Crippen LogP contribution in [0.5, 0.6) is 0 Å². The molecule has 0 saturated carbocycles. The summed E-state index contributed by atoms with van der Waals surface area (Å²) in [5, 5.41) is 13.3. The number of hydrogen-bond donors (Lipinski definition) is 2. The molecule has 0 amide bonds. The maximum absolute atomic E-state index is 11.6. The summed E-state index contributed by atoms with van der Waals surface area (Å²) in [5.41, 5.74) is 1.85. The molecule has 5 rings (SSSR count). The molecule has 2 heterocycles. The van der Waals surface area contributed by atoms with Crippen molar-refractivity contribution in [1.82, 2.24) is 0 Å². The third kappa shape index (κ3) is 4.54. The number of rotatable bonds is 7. The SMILES string of the molecule is O=C(O)CN1C(=Cc2sc3ccc4ccccc4c3[n+]2CCCS(=O)(=O)O)Sc2ccccc21. The maximum atomic E-state index is 11.6. The zero-order valence-electron chi connectivity index (χ0n) is 17.9. The normalized spacial score (nSPS) is 14.9. The van der Waals surface area contributed by atoms with Gasteiger partial charge in [0, 0.05) is 11.3 Å². The van der Waals surface area contributed by atoms with Crippen molar-refractivity contribution in [2.75, 3.05) is 17.2 Å². The molecule has 4 aromatic rings. The molecular formula is C24H21N2O5S3+. The first-order valence-electron chi connectivity index (χ1n) is 10.6. The molecule has 0 atom stereocenters. The molecule has 0 spiro atoms. The smallest absolute Gasteiger partial charge is 0.323 e. The molecular weight excluding hydrogens is 492 g/mol. The van der Waals surface area contributed by atoms with Crippen molar-refractivity contribution >= 4 is 71.9 Å². The Hall–Kier alpha value is -2.92. The summed E-state index contributed by atoms with van der Waals surface area (Å²) in [5.74, 6) is -1.25. The highest BCUT2D eigenvalue weighted by Crippen LogP contribution is 2.46. The van der Waals surface area contributed by atoms with Crippen LogP contribution in [-0.2, 0) is 21.5 Å². The highest BCUT2D eigenvalue weighted by atomic mass is 32.2. The predicted octanol–water partition coefficient (Wildman–Crippen LogP) is 4.62. The van der Waals surface area contributed by atoms with Crippen molar-refractivity contribution in [3.63, 3.8) is 0 Å². The van der Waals surface area contributed by atoms with E-state index in [2.05, 4.69) is 16.7 Å². The van der Waals surface area contributed by atoms with E-state index in [1.165, 1.54) is 11.8 Å². The fourth-order valence-corrected chi connectivity index (χ4v) is 6.98. The highest BCUT2D eigenvalue weighted by Gasteiger charge is 2.29. The number of hydrogen-bond acceptors (Lipinski definition) is 6. The minimum absolute atomic E-state index is 0.160. The second kappa shape index (κ2) is 9.03. The summed E-state index contributed by atoms with van der Waals surface area (Å²) in [4.78, 5) is 14.4. The average molecular weight is 514 g/mol. The van der Waals surface area contributed by atoms with E-state index in [0.717, 1.165) is 41.6 Å². The van der Waals surface area contributed by atoms with Crippen molar-refractivity contribution in [2.24, 2.45) is 0 Å². The molecule has 1 aliphatic rings. The van der Waals surface area contributed by atoms with Gasteiger partial charge in [-0.05, 0) is 29.7 Å². The van der Waals surface area contributed by atoms with E-state index in [1.54, 1.807) is 16.2 Å². The number of fused-ring (bicyclic) bond motifs is 4. The summed E-state index contributed by atoms with van der Waals surface area (Å²) in [7, 11) is -4.07. The number of thioether (sulfide) groups is 1. The van der Waals surface area contributed by atoms with Crippen molar-refractivity contribution in [3.8, 4) is 0 Å². The first kappa shape index (κ1) is 22.9. The molecule has 0 bridgehead atoms. The molecule has 0 unspecified atom stereocenters. The number of thiazole rings is 1. The Morgan fingerprint density at radius 2 is 1.82 bits per heavy atom. The minimum atomic E-state index is -4.07. The van der Waals surface area contributed by atoms with Crippen LogP contribution in [0.25, 0.3) is 27.1 Å². The van der Waals surface area contributed by atoms with Crippen LogP contribution >= 0.6 is 23.1 Å². The van der Waals surface area contributed by atoms with Gasteiger partial charge in [-0.3, -0.25) is 9.35 Å². The molecule has 0 aliphatic carbocycles. The van der Waals surface area contributed by atoms with E-state index in [4.69, 9.17) is 0 Å². The molecule has 34 heavy (non-hydrogen) atoms. The van der Waals surface area contributed by atoms with E-state index in [1.807, 2.05) is 54.6 Å². The number of carbonyl (C=O) groups is 1. The summed E-state index contributed by atoms with van der Waals surface area (Å²) in [6.45, 7) is 0.232. The Labute approximate surface area is 204 Å². The first-order valence-corrected chi connectivity index (χ1v) is 13.8. The van der Waals surface area contributed by atoms with Crippen LogP contribution < -0.4 is 9.47 Å². The van der Waals surface area contributed by atoms with Crippen LogP contribution in [-0.4, -0.2) is 36.3 Å². The summed E-state index contributed by atoms with van der Waals surface area (Å²) in [6.07, 6.45) is 2.22. The largest absolute Gasteiger partial charge is 0.480 e. The van der Waals surface area contributed by atoms with Crippen LogP contribution in [0.1, 0.15) is 11.4 Å². The second-order valence-corrected chi connectivity index (χ2v) is 11.6. The number of anilines is 1. The topological polar surface area (TPSA) is 98.8 Å². The number of nitrogens with zero attached hydrogens (tertiary/aromatic N) is 2. The number of carboxylic acids is 1. The fourth-order valence-electron chi connectivity index (χ4n) is 4.17. The van der Waals surface area contributed by atoms with Crippen molar-refractivity contribution < 1.29 is 27.4 Å². The second-order valence-electron chi connectivity index (χ2n) is 7.90. The zero-order chi connectivity index (χ0) is 23.9. The predicted molar refractivity (Wildman–Crippen MR) is 136 cm³/mol. The summed E-state index contributed by atoms with van der Waals surface area (Å²) >= 11 is 3.08. The fraction of sp³-hybridized carbons (Fsp3) is 0.167. The Kier molecular flexibility index (Phi) is 6.07. The van der Waals surface area contributed by atoms with Gasteiger partial charge in [-0.25, -0.2) is 0 Å². The monoisotopic (exact) mass is 513 g/mol. The highest BCUT2D eigenvalue weighted by molar-refractivity contribution is 8.03. The van der Waals surface area contributed by atoms with E-state index in [0.29, 0.717) is 6.54 Å². The third-order valence-electron chi connectivity index (χ3n) is 5.57. The molecule has 0 radical (unpaired) electrons. The van der Waals surface area contributed by atoms with E-state index < -0.39 is 16.1 Å². The van der Waals surface area contributed by atoms with Gasteiger partial charge in [-0.2, -0.15) is 13.0 Å². The standard InChI is InChI=1S/C24H20N2O5S3/c27-23(28)15-26-18-8-3-4-9-19(18)32-22(26)14-21-25(12-5-13-34(29,30)31)24-17-7-2-1-6-16(17)10-11-20(24)33-21/h1-4,6-11,14H,5,12-13,15H2,(H-,27,28,29,30,31)/p+1. The molecule has 1 aromatic heterocycles. The van der Waals surface area contributed by atoms with E-state index in [-0.39, 0.29) is 18.7 Å². The van der Waals surface area contributed by atoms with E-state index in [9.17, 15) is 22.9 Å². The van der Waals surface area contributed by atoms with Gasteiger partial charge in [-0.1, -0.05) is 59.5 Å². The quantitative estimate of drug-likeness (QED) is 0.275. The number of benzene rings is 3. The third-order valence-corrected chi connectivity index (χ3v) is 8.59. The van der Waals surface area contributed by atoms with Crippen molar-refractivity contribution in [2.45, 2.75) is 17.9 Å². The molecule has 174 valence electrons. The van der Waals surface area contributed by atoms with Gasteiger partial charge in [0.2, 0.25) is 5.52 Å². The number of aryl methyl sites for hydroxylation is 1. The van der Waals surface area contributed by atoms with Crippen molar-refractivity contribution in [1.29, 1.82) is 0 Å². The molecule has 7 nitrogen and oxygen atoms in total. The van der Waals surface area contributed by atoms with Crippen LogP contribution in [0.15, 0.2) is 70.6 Å². The lowest BCUT2D eigenvalue weighted by atomic mass is 10.1. The number of aromatic nitrogens is 1. The zero-order valence-corrected chi connectivity index (χ0v) is 20.4. The Morgan fingerprint density at radius 1 is 1.06 bits per heavy atom. The van der Waals surface area contributed by atoms with Crippen LogP contribution in [0.2, 0.25) is 0 Å². The maximum Gasteiger partial charge on any atom is 0.323 e. The Morgan fingerprint density at radius 3 is 2.62 bits per heavy atom. The van der Waals surface area contributed by atoms with Crippen LogP contribution in [0, 0.1) is 0 Å². The van der Waals surface area contributed by atoms with Gasteiger partial charge < -0.3 is 10.0 Å². The van der Waals surface area contributed by atoms with Gasteiger partial charge >= 0.3 is 5.97 Å². The summed E-state index contributed by atoms with van der Waals surface area (Å²) in [6, 6.07) is 19.8. The number of aliphatic carboxylic acids is 1.